The molecule has 0 heterocycles. The number of unbranched alkanes of at least 4 members (excludes halogenated alkanes) is 2. The van der Waals surface area contributed by atoms with Gasteiger partial charge >= 0.3 is 0 Å². The van der Waals surface area contributed by atoms with Gasteiger partial charge in [0.05, 0.1) is 0 Å². The zero-order valence-electron chi connectivity index (χ0n) is 11.8. The summed E-state index contributed by atoms with van der Waals surface area (Å²) in [6, 6.07) is 6.62. The molecule has 0 atom stereocenters. The van der Waals surface area contributed by atoms with Crippen LogP contribution in [0.4, 0.5) is 0 Å². The predicted octanol–water partition coefficient (Wildman–Crippen LogP) is 5.36. The Morgan fingerprint density at radius 1 is 1.18 bits per heavy atom. The zero-order valence-corrected chi connectivity index (χ0v) is 11.8. The van der Waals surface area contributed by atoms with Gasteiger partial charge in [-0.05, 0) is 34.9 Å². The fraction of sp³-hybridized carbons (Fsp3) is 0.529. The quantitative estimate of drug-likeness (QED) is 0.597. The Labute approximate surface area is 107 Å². The topological polar surface area (TPSA) is 0 Å². The Bertz CT molecular complexity index is 366. The fourth-order valence-electron chi connectivity index (χ4n) is 2.48. The van der Waals surface area contributed by atoms with Crippen LogP contribution >= 0.6 is 0 Å². The van der Waals surface area contributed by atoms with Gasteiger partial charge in [0, 0.05) is 0 Å². The molecule has 0 nitrogen and oxygen atoms in total. The van der Waals surface area contributed by atoms with E-state index in [1.54, 1.807) is 0 Å². The molecule has 0 aliphatic carbocycles. The van der Waals surface area contributed by atoms with Gasteiger partial charge in [-0.25, -0.2) is 0 Å². The molecule has 0 saturated carbocycles. The average Bonchev–Trinajstić information content (AvgIpc) is 2.27. The van der Waals surface area contributed by atoms with E-state index in [2.05, 4.69) is 52.5 Å². The van der Waals surface area contributed by atoms with Crippen molar-refractivity contribution >= 4 is 6.08 Å². The summed E-state index contributed by atoms with van der Waals surface area (Å²) in [4.78, 5) is 0. The van der Waals surface area contributed by atoms with Crippen molar-refractivity contribution < 1.29 is 0 Å². The van der Waals surface area contributed by atoms with Crippen LogP contribution in [0.3, 0.4) is 0 Å². The van der Waals surface area contributed by atoms with Crippen molar-refractivity contribution in [3.05, 3.63) is 41.5 Å². The predicted molar refractivity (Wildman–Crippen MR) is 78.5 cm³/mol. The van der Waals surface area contributed by atoms with E-state index >= 15 is 0 Å². The van der Waals surface area contributed by atoms with E-state index in [0.29, 0.717) is 0 Å². The Balaban J connectivity index is 3.07. The third kappa shape index (κ3) is 3.73. The van der Waals surface area contributed by atoms with Crippen LogP contribution in [0, 0.1) is 0 Å². The summed E-state index contributed by atoms with van der Waals surface area (Å²) in [6.45, 7) is 13.1. The standard InChI is InChI=1S/C17H26/c1-6-8-9-11-15-13-10-12-14(7-2)16(15)17(3,4)5/h7,10,12-13H,2,6,8-9,11H2,1,3-5H3. The molecule has 0 saturated heterocycles. The van der Waals surface area contributed by atoms with Crippen molar-refractivity contribution in [1.82, 2.24) is 0 Å². The molecule has 0 fully saturated rings. The summed E-state index contributed by atoms with van der Waals surface area (Å²) in [5, 5.41) is 0. The number of hydrogen-bond acceptors (Lipinski definition) is 0. The molecule has 0 aliphatic rings. The van der Waals surface area contributed by atoms with Crippen LogP contribution in [0.5, 0.6) is 0 Å². The third-order valence-electron chi connectivity index (χ3n) is 3.20. The van der Waals surface area contributed by atoms with Crippen LogP contribution < -0.4 is 0 Å². The molecule has 0 amide bonds. The van der Waals surface area contributed by atoms with Gasteiger partial charge in [-0.15, -0.1) is 0 Å². The summed E-state index contributed by atoms with van der Waals surface area (Å²) < 4.78 is 0. The molecule has 1 rings (SSSR count). The van der Waals surface area contributed by atoms with Crippen molar-refractivity contribution in [2.24, 2.45) is 0 Å². The second kappa shape index (κ2) is 6.05. The van der Waals surface area contributed by atoms with Crippen molar-refractivity contribution in [1.29, 1.82) is 0 Å². The van der Waals surface area contributed by atoms with Gasteiger partial charge in [0.15, 0.2) is 0 Å². The van der Waals surface area contributed by atoms with Gasteiger partial charge in [-0.3, -0.25) is 0 Å². The minimum absolute atomic E-state index is 0.201. The Kier molecular flexibility index (Phi) is 4.99. The van der Waals surface area contributed by atoms with Crippen molar-refractivity contribution in [3.63, 3.8) is 0 Å². The first-order valence-corrected chi connectivity index (χ1v) is 6.75. The lowest BCUT2D eigenvalue weighted by Crippen LogP contribution is -2.16. The summed E-state index contributed by atoms with van der Waals surface area (Å²) in [7, 11) is 0. The first-order chi connectivity index (χ1) is 8.00. The molecule has 0 bridgehead atoms. The molecule has 0 aromatic heterocycles. The molecule has 17 heavy (non-hydrogen) atoms. The highest BCUT2D eigenvalue weighted by Gasteiger charge is 2.20. The smallest absolute Gasteiger partial charge is 0.0123 e. The first-order valence-electron chi connectivity index (χ1n) is 6.75. The largest absolute Gasteiger partial charge is 0.0985 e. The highest BCUT2D eigenvalue weighted by atomic mass is 14.2. The van der Waals surface area contributed by atoms with Gasteiger partial charge in [0.1, 0.15) is 0 Å². The van der Waals surface area contributed by atoms with E-state index in [0.717, 1.165) is 0 Å². The lowest BCUT2D eigenvalue weighted by atomic mass is 9.79. The maximum atomic E-state index is 3.94. The summed E-state index contributed by atoms with van der Waals surface area (Å²) in [5.41, 5.74) is 4.48. The summed E-state index contributed by atoms with van der Waals surface area (Å²) in [6.07, 6.45) is 7.08. The lowest BCUT2D eigenvalue weighted by Gasteiger charge is -2.25. The molecule has 94 valence electrons. The summed E-state index contributed by atoms with van der Waals surface area (Å²) in [5.74, 6) is 0. The number of hydrogen-bond donors (Lipinski definition) is 0. The summed E-state index contributed by atoms with van der Waals surface area (Å²) >= 11 is 0. The van der Waals surface area contributed by atoms with Gasteiger partial charge in [0.25, 0.3) is 0 Å². The Morgan fingerprint density at radius 2 is 1.88 bits per heavy atom. The van der Waals surface area contributed by atoms with E-state index in [1.807, 2.05) is 6.08 Å². The maximum Gasteiger partial charge on any atom is -0.0123 e. The lowest BCUT2D eigenvalue weighted by molar-refractivity contribution is 0.577. The van der Waals surface area contributed by atoms with Crippen LogP contribution in [0.25, 0.3) is 6.08 Å². The van der Waals surface area contributed by atoms with Crippen molar-refractivity contribution in [3.8, 4) is 0 Å². The van der Waals surface area contributed by atoms with Gasteiger partial charge in [-0.1, -0.05) is 71.4 Å². The average molecular weight is 230 g/mol. The second-order valence-electron chi connectivity index (χ2n) is 5.79. The highest BCUT2D eigenvalue weighted by Crippen LogP contribution is 2.31. The van der Waals surface area contributed by atoms with Crippen LogP contribution in [0.2, 0.25) is 0 Å². The molecule has 0 N–H and O–H groups in total. The number of rotatable bonds is 5. The van der Waals surface area contributed by atoms with E-state index in [1.165, 1.54) is 42.4 Å². The van der Waals surface area contributed by atoms with E-state index < -0.39 is 0 Å². The van der Waals surface area contributed by atoms with E-state index in [4.69, 9.17) is 0 Å². The molecule has 1 aromatic rings. The molecule has 0 heteroatoms. The SMILES string of the molecule is C=Cc1cccc(CCCCC)c1C(C)(C)C. The molecular weight excluding hydrogens is 204 g/mol. The molecular formula is C17H26. The van der Waals surface area contributed by atoms with Crippen molar-refractivity contribution in [2.75, 3.05) is 0 Å². The van der Waals surface area contributed by atoms with Gasteiger partial charge < -0.3 is 0 Å². The van der Waals surface area contributed by atoms with Crippen LogP contribution in [-0.4, -0.2) is 0 Å². The van der Waals surface area contributed by atoms with E-state index in [9.17, 15) is 0 Å². The Morgan fingerprint density at radius 3 is 2.41 bits per heavy atom. The second-order valence-corrected chi connectivity index (χ2v) is 5.79. The molecule has 0 spiro atoms. The van der Waals surface area contributed by atoms with Crippen LogP contribution in [0.1, 0.15) is 63.6 Å². The fourth-order valence-corrected chi connectivity index (χ4v) is 2.48. The normalized spacial score (nSPS) is 11.5. The number of aryl methyl sites for hydroxylation is 1. The number of benzene rings is 1. The monoisotopic (exact) mass is 230 g/mol. The highest BCUT2D eigenvalue weighted by molar-refractivity contribution is 5.56. The molecule has 1 aromatic carbocycles. The minimum Gasteiger partial charge on any atom is -0.0985 e. The van der Waals surface area contributed by atoms with Gasteiger partial charge in [-0.2, -0.15) is 0 Å². The minimum atomic E-state index is 0.201. The first kappa shape index (κ1) is 14.0. The molecule has 0 aliphatic heterocycles. The molecule has 0 unspecified atom stereocenters. The van der Waals surface area contributed by atoms with Gasteiger partial charge in [0.2, 0.25) is 0 Å². The zero-order chi connectivity index (χ0) is 12.9. The van der Waals surface area contributed by atoms with Crippen LogP contribution in [0.15, 0.2) is 24.8 Å². The Hall–Kier alpha value is -1.04. The maximum absolute atomic E-state index is 3.94. The van der Waals surface area contributed by atoms with E-state index in [-0.39, 0.29) is 5.41 Å². The molecule has 0 radical (unpaired) electrons. The third-order valence-corrected chi connectivity index (χ3v) is 3.20. The van der Waals surface area contributed by atoms with Crippen molar-refractivity contribution in [2.45, 2.75) is 58.8 Å². The van der Waals surface area contributed by atoms with Crippen LogP contribution in [-0.2, 0) is 11.8 Å².